The number of primary amides is 1. The Morgan fingerprint density at radius 3 is 2.62 bits per heavy atom. The SMILES string of the molecule is Cc1ccc2c(c1)CCn1nc(-c3ccc(C(=O)Nc4cc(N5CCCC5)ccn4)c(C)c3F)c(C(N)=O)c1N2. The largest absolute Gasteiger partial charge is 0.371 e. The zero-order valence-corrected chi connectivity index (χ0v) is 22.4. The van der Waals surface area contributed by atoms with Crippen molar-refractivity contribution in [2.45, 2.75) is 39.7 Å². The van der Waals surface area contributed by atoms with E-state index in [4.69, 9.17) is 5.73 Å². The van der Waals surface area contributed by atoms with Gasteiger partial charge in [0.05, 0.1) is 0 Å². The first kappa shape index (κ1) is 25.5. The highest BCUT2D eigenvalue weighted by Crippen LogP contribution is 2.36. The molecule has 0 spiro atoms. The van der Waals surface area contributed by atoms with Crippen LogP contribution in [0.4, 0.5) is 27.4 Å². The van der Waals surface area contributed by atoms with Crippen molar-refractivity contribution in [1.82, 2.24) is 14.8 Å². The van der Waals surface area contributed by atoms with E-state index >= 15 is 4.39 Å². The monoisotopic (exact) mass is 539 g/mol. The van der Waals surface area contributed by atoms with E-state index in [1.807, 2.05) is 31.2 Å². The van der Waals surface area contributed by atoms with Crippen molar-refractivity contribution >= 4 is 34.8 Å². The number of carbonyl (C=O) groups is 2. The second-order valence-corrected chi connectivity index (χ2v) is 10.3. The Kier molecular flexibility index (Phi) is 6.45. The first-order valence-corrected chi connectivity index (χ1v) is 13.4. The predicted molar refractivity (Wildman–Crippen MR) is 153 cm³/mol. The molecule has 2 aromatic heterocycles. The minimum absolute atomic E-state index is 0.100. The Balaban J connectivity index is 1.32. The topological polar surface area (TPSA) is 118 Å². The predicted octanol–water partition coefficient (Wildman–Crippen LogP) is 4.95. The number of aryl methyl sites for hydroxylation is 3. The number of rotatable bonds is 5. The van der Waals surface area contributed by atoms with Gasteiger partial charge in [-0.05, 0) is 68.5 Å². The molecule has 0 bridgehead atoms. The maximum Gasteiger partial charge on any atom is 0.257 e. The van der Waals surface area contributed by atoms with Crippen molar-refractivity contribution in [3.05, 3.63) is 82.3 Å². The highest BCUT2D eigenvalue weighted by molar-refractivity contribution is 6.07. The smallest absolute Gasteiger partial charge is 0.257 e. The Labute approximate surface area is 231 Å². The third kappa shape index (κ3) is 4.55. The summed E-state index contributed by atoms with van der Waals surface area (Å²) in [6.07, 6.45) is 4.61. The molecule has 6 rings (SSSR count). The number of carbonyl (C=O) groups excluding carboxylic acids is 2. The fraction of sp³-hybridized carbons (Fsp3) is 0.267. The maximum atomic E-state index is 15.9. The Hall–Kier alpha value is -4.73. The lowest BCUT2D eigenvalue weighted by atomic mass is 9.99. The molecule has 0 radical (unpaired) electrons. The van der Waals surface area contributed by atoms with Crippen LogP contribution in [0.25, 0.3) is 11.3 Å². The molecule has 2 aromatic carbocycles. The van der Waals surface area contributed by atoms with Gasteiger partial charge in [-0.3, -0.25) is 9.59 Å². The minimum Gasteiger partial charge on any atom is -0.371 e. The van der Waals surface area contributed by atoms with Gasteiger partial charge in [-0.1, -0.05) is 17.7 Å². The van der Waals surface area contributed by atoms with Gasteiger partial charge in [-0.2, -0.15) is 5.10 Å². The van der Waals surface area contributed by atoms with Crippen molar-refractivity contribution in [3.8, 4) is 11.3 Å². The van der Waals surface area contributed by atoms with E-state index < -0.39 is 17.6 Å². The molecule has 2 aliphatic rings. The number of hydrogen-bond acceptors (Lipinski definition) is 6. The molecule has 0 aliphatic carbocycles. The Morgan fingerprint density at radius 1 is 1.05 bits per heavy atom. The number of fused-ring (bicyclic) bond motifs is 2. The van der Waals surface area contributed by atoms with Crippen LogP contribution in [0.5, 0.6) is 0 Å². The number of benzene rings is 2. The van der Waals surface area contributed by atoms with Gasteiger partial charge in [0, 0.05) is 54.4 Å². The molecule has 2 aliphatic heterocycles. The number of hydrogen-bond donors (Lipinski definition) is 3. The molecule has 4 N–H and O–H groups in total. The number of amides is 2. The number of aromatic nitrogens is 3. The lowest BCUT2D eigenvalue weighted by Gasteiger charge is -2.18. The fourth-order valence-corrected chi connectivity index (χ4v) is 5.54. The first-order valence-electron chi connectivity index (χ1n) is 13.4. The minimum atomic E-state index is -0.720. The van der Waals surface area contributed by atoms with E-state index in [9.17, 15) is 9.59 Å². The number of nitrogens with two attached hydrogens (primary N) is 1. The molecule has 4 aromatic rings. The molecule has 1 saturated heterocycles. The standard InChI is InChI=1S/C30H30FN7O2/c1-17-5-8-23-19(15-17)10-14-38-29(34-23)25(28(32)39)27(36-38)22-7-6-21(18(2)26(22)31)30(40)35-24-16-20(9-11-33-24)37-12-3-4-13-37/h5-9,11,15-16,34H,3-4,10,12-14H2,1-2H3,(H2,32,39)(H,33,35,40). The third-order valence-corrected chi connectivity index (χ3v) is 7.65. The van der Waals surface area contributed by atoms with Crippen LogP contribution >= 0.6 is 0 Å². The summed E-state index contributed by atoms with van der Waals surface area (Å²) in [5.41, 5.74) is 10.5. The van der Waals surface area contributed by atoms with Gasteiger partial charge < -0.3 is 21.3 Å². The van der Waals surface area contributed by atoms with Gasteiger partial charge in [-0.25, -0.2) is 14.1 Å². The molecule has 0 saturated carbocycles. The van der Waals surface area contributed by atoms with Gasteiger partial charge in [0.25, 0.3) is 11.8 Å². The summed E-state index contributed by atoms with van der Waals surface area (Å²) in [6.45, 7) is 5.98. The third-order valence-electron chi connectivity index (χ3n) is 7.65. The van der Waals surface area contributed by atoms with Crippen LogP contribution in [0.1, 0.15) is 50.2 Å². The number of anilines is 4. The molecule has 9 nitrogen and oxygen atoms in total. The van der Waals surface area contributed by atoms with Crippen molar-refractivity contribution in [3.63, 3.8) is 0 Å². The number of nitrogens with one attached hydrogen (secondary N) is 2. The van der Waals surface area contributed by atoms with Gasteiger partial charge in [0.1, 0.15) is 28.7 Å². The van der Waals surface area contributed by atoms with E-state index in [1.165, 1.54) is 19.1 Å². The first-order chi connectivity index (χ1) is 19.3. The van der Waals surface area contributed by atoms with Gasteiger partial charge >= 0.3 is 0 Å². The van der Waals surface area contributed by atoms with E-state index in [0.29, 0.717) is 24.6 Å². The summed E-state index contributed by atoms with van der Waals surface area (Å²) in [4.78, 5) is 32.3. The van der Waals surface area contributed by atoms with Crippen LogP contribution in [-0.4, -0.2) is 39.7 Å². The zero-order chi connectivity index (χ0) is 28.0. The van der Waals surface area contributed by atoms with Gasteiger partial charge in [0.2, 0.25) is 0 Å². The summed E-state index contributed by atoms with van der Waals surface area (Å²) in [6, 6.07) is 12.8. The average Bonchev–Trinajstić information content (AvgIpc) is 3.56. The summed E-state index contributed by atoms with van der Waals surface area (Å²) in [7, 11) is 0. The number of nitrogens with zero attached hydrogens (tertiary/aromatic N) is 4. The average molecular weight is 540 g/mol. The second kappa shape index (κ2) is 10.1. The van der Waals surface area contributed by atoms with E-state index in [-0.39, 0.29) is 27.9 Å². The van der Waals surface area contributed by atoms with E-state index in [0.717, 1.165) is 48.4 Å². The molecule has 0 atom stereocenters. The molecule has 204 valence electrons. The Bertz CT molecular complexity index is 1660. The second-order valence-electron chi connectivity index (χ2n) is 10.3. The molecule has 2 amide bonds. The van der Waals surface area contributed by atoms with Crippen LogP contribution in [0.3, 0.4) is 0 Å². The molecule has 10 heteroatoms. The molecular formula is C30H30FN7O2. The van der Waals surface area contributed by atoms with Crippen molar-refractivity contribution in [2.24, 2.45) is 5.73 Å². The van der Waals surface area contributed by atoms with Crippen LogP contribution in [0, 0.1) is 19.7 Å². The van der Waals surface area contributed by atoms with Crippen LogP contribution in [-0.2, 0) is 13.0 Å². The maximum absolute atomic E-state index is 15.9. The quantitative estimate of drug-likeness (QED) is 0.330. The van der Waals surface area contributed by atoms with E-state index in [2.05, 4.69) is 31.7 Å². The highest BCUT2D eigenvalue weighted by atomic mass is 19.1. The fourth-order valence-electron chi connectivity index (χ4n) is 5.54. The molecule has 0 unspecified atom stereocenters. The van der Waals surface area contributed by atoms with Crippen LogP contribution in [0.2, 0.25) is 0 Å². The summed E-state index contributed by atoms with van der Waals surface area (Å²) in [5.74, 6) is -1.01. The molecule has 40 heavy (non-hydrogen) atoms. The van der Waals surface area contributed by atoms with Crippen molar-refractivity contribution < 1.29 is 14.0 Å². The lowest BCUT2D eigenvalue weighted by molar-refractivity contribution is 0.0998. The lowest BCUT2D eigenvalue weighted by Crippen LogP contribution is -2.19. The molecular weight excluding hydrogens is 509 g/mol. The highest BCUT2D eigenvalue weighted by Gasteiger charge is 2.28. The summed E-state index contributed by atoms with van der Waals surface area (Å²) >= 11 is 0. The van der Waals surface area contributed by atoms with Crippen molar-refractivity contribution in [2.75, 3.05) is 28.6 Å². The Morgan fingerprint density at radius 2 is 1.85 bits per heavy atom. The van der Waals surface area contributed by atoms with Crippen LogP contribution in [0.15, 0.2) is 48.7 Å². The van der Waals surface area contributed by atoms with Crippen LogP contribution < -0.4 is 21.3 Å². The van der Waals surface area contributed by atoms with Crippen molar-refractivity contribution in [1.29, 1.82) is 0 Å². The summed E-state index contributed by atoms with van der Waals surface area (Å²) in [5, 5.41) is 10.7. The normalized spacial score (nSPS) is 14.2. The molecule has 1 fully saturated rings. The number of pyridine rings is 1. The number of halogens is 1. The summed E-state index contributed by atoms with van der Waals surface area (Å²) < 4.78 is 17.5. The molecule has 4 heterocycles. The van der Waals surface area contributed by atoms with E-state index in [1.54, 1.807) is 10.9 Å². The van der Waals surface area contributed by atoms with Gasteiger partial charge in [0.15, 0.2) is 0 Å². The van der Waals surface area contributed by atoms with Gasteiger partial charge in [-0.15, -0.1) is 0 Å². The zero-order valence-electron chi connectivity index (χ0n) is 22.4.